The highest BCUT2D eigenvalue weighted by Crippen LogP contribution is 2.27. The first kappa shape index (κ1) is 11.5. The van der Waals surface area contributed by atoms with Crippen LogP contribution in [0.15, 0.2) is 16.5 Å². The zero-order chi connectivity index (χ0) is 12.6. The second kappa shape index (κ2) is 4.12. The van der Waals surface area contributed by atoms with Gasteiger partial charge in [-0.2, -0.15) is 0 Å². The van der Waals surface area contributed by atoms with Gasteiger partial charge in [0.15, 0.2) is 5.82 Å². The molecule has 1 aromatic heterocycles. The van der Waals surface area contributed by atoms with Gasteiger partial charge in [-0.3, -0.25) is 0 Å². The number of nitrogens with two attached hydrogens (primary N) is 1. The van der Waals surface area contributed by atoms with Crippen LogP contribution >= 0.6 is 0 Å². The minimum atomic E-state index is -0.759. The molecule has 2 N–H and O–H groups in total. The molecule has 6 heteroatoms. The molecule has 1 heterocycles. The van der Waals surface area contributed by atoms with Crippen molar-refractivity contribution >= 4 is 5.69 Å². The third-order valence-electron chi connectivity index (χ3n) is 2.23. The highest BCUT2D eigenvalue weighted by Gasteiger charge is 2.17. The Balaban J connectivity index is 2.52. The van der Waals surface area contributed by atoms with E-state index in [2.05, 4.69) is 10.2 Å². The molecule has 4 nitrogen and oxygen atoms in total. The fraction of sp³-hybridized carbons (Fsp3) is 0.273. The molecule has 0 saturated carbocycles. The summed E-state index contributed by atoms with van der Waals surface area (Å²) in [5, 5.41) is 7.42. The zero-order valence-electron chi connectivity index (χ0n) is 9.37. The number of anilines is 1. The summed E-state index contributed by atoms with van der Waals surface area (Å²) in [6.07, 6.45) is 0. The molecule has 17 heavy (non-hydrogen) atoms. The lowest BCUT2D eigenvalue weighted by Gasteiger charge is -2.02. The number of nitrogen functional groups attached to an aromatic ring is 1. The van der Waals surface area contributed by atoms with Crippen LogP contribution in [-0.2, 0) is 0 Å². The molecule has 2 aromatic rings. The highest BCUT2D eigenvalue weighted by atomic mass is 19.1. The van der Waals surface area contributed by atoms with Gasteiger partial charge in [-0.05, 0) is 12.1 Å². The molecule has 0 aliphatic rings. The van der Waals surface area contributed by atoms with Crippen molar-refractivity contribution in [3.8, 4) is 11.5 Å². The fourth-order valence-corrected chi connectivity index (χ4v) is 1.34. The van der Waals surface area contributed by atoms with E-state index in [9.17, 15) is 8.78 Å². The first-order valence-electron chi connectivity index (χ1n) is 5.07. The first-order chi connectivity index (χ1) is 7.99. The molecular weight excluding hydrogens is 228 g/mol. The van der Waals surface area contributed by atoms with Gasteiger partial charge in [0.25, 0.3) is 5.89 Å². The van der Waals surface area contributed by atoms with Gasteiger partial charge in [0.1, 0.15) is 5.82 Å². The maximum atomic E-state index is 13.7. The van der Waals surface area contributed by atoms with Crippen LogP contribution in [-0.4, -0.2) is 10.2 Å². The molecule has 0 radical (unpaired) electrons. The summed E-state index contributed by atoms with van der Waals surface area (Å²) in [5.74, 6) is -1.10. The second-order valence-corrected chi connectivity index (χ2v) is 3.96. The number of hydrogen-bond acceptors (Lipinski definition) is 4. The molecule has 0 saturated heterocycles. The minimum absolute atomic E-state index is 0.0187. The van der Waals surface area contributed by atoms with Gasteiger partial charge in [0.05, 0.1) is 11.3 Å². The van der Waals surface area contributed by atoms with E-state index in [1.807, 2.05) is 13.8 Å². The van der Waals surface area contributed by atoms with Gasteiger partial charge >= 0.3 is 0 Å². The monoisotopic (exact) mass is 239 g/mol. The van der Waals surface area contributed by atoms with Crippen LogP contribution in [0.5, 0.6) is 0 Å². The SMILES string of the molecule is CC(C)c1nnc(-c2cc(F)cc(N)c2F)o1. The van der Waals surface area contributed by atoms with Crippen LogP contribution in [0.4, 0.5) is 14.5 Å². The van der Waals surface area contributed by atoms with Crippen LogP contribution < -0.4 is 5.73 Å². The quantitative estimate of drug-likeness (QED) is 0.818. The summed E-state index contributed by atoms with van der Waals surface area (Å²) in [7, 11) is 0. The molecule has 0 atom stereocenters. The van der Waals surface area contributed by atoms with Gasteiger partial charge in [0, 0.05) is 5.92 Å². The standard InChI is InChI=1S/C11H11F2N3O/c1-5(2)10-15-16-11(17-10)7-3-6(12)4-8(14)9(7)13/h3-5H,14H2,1-2H3. The Morgan fingerprint density at radius 1 is 1.24 bits per heavy atom. The van der Waals surface area contributed by atoms with Gasteiger partial charge < -0.3 is 10.2 Å². The van der Waals surface area contributed by atoms with E-state index in [1.165, 1.54) is 0 Å². The van der Waals surface area contributed by atoms with Gasteiger partial charge in [0.2, 0.25) is 5.89 Å². The lowest BCUT2D eigenvalue weighted by atomic mass is 10.2. The maximum absolute atomic E-state index is 13.7. The van der Waals surface area contributed by atoms with E-state index in [1.54, 1.807) is 0 Å². The van der Waals surface area contributed by atoms with Gasteiger partial charge in [-0.1, -0.05) is 13.8 Å². The van der Waals surface area contributed by atoms with Gasteiger partial charge in [-0.15, -0.1) is 10.2 Å². The van der Waals surface area contributed by atoms with E-state index < -0.39 is 11.6 Å². The number of hydrogen-bond donors (Lipinski definition) is 1. The number of halogens is 2. The molecule has 2 rings (SSSR count). The predicted octanol–water partition coefficient (Wildman–Crippen LogP) is 2.72. The predicted molar refractivity (Wildman–Crippen MR) is 58.2 cm³/mol. The van der Waals surface area contributed by atoms with Gasteiger partial charge in [-0.25, -0.2) is 8.78 Å². The molecule has 0 amide bonds. The Kier molecular flexibility index (Phi) is 2.79. The Hall–Kier alpha value is -1.98. The summed E-state index contributed by atoms with van der Waals surface area (Å²) in [4.78, 5) is 0. The first-order valence-corrected chi connectivity index (χ1v) is 5.07. The maximum Gasteiger partial charge on any atom is 0.250 e. The molecule has 0 fully saturated rings. The lowest BCUT2D eigenvalue weighted by molar-refractivity contribution is 0.477. The van der Waals surface area contributed by atoms with E-state index in [0.717, 1.165) is 12.1 Å². The molecular formula is C11H11F2N3O. The van der Waals surface area contributed by atoms with Crippen molar-refractivity contribution in [3.05, 3.63) is 29.7 Å². The molecule has 0 bridgehead atoms. The Bertz CT molecular complexity index is 552. The largest absolute Gasteiger partial charge is 0.420 e. The van der Waals surface area contributed by atoms with Crippen molar-refractivity contribution in [3.63, 3.8) is 0 Å². The molecule has 0 aliphatic carbocycles. The van der Waals surface area contributed by atoms with Crippen LogP contribution in [0.2, 0.25) is 0 Å². The molecule has 0 unspecified atom stereocenters. The summed E-state index contributed by atoms with van der Waals surface area (Å²) in [5.41, 5.74) is 4.91. The van der Waals surface area contributed by atoms with Crippen molar-refractivity contribution in [2.75, 3.05) is 5.73 Å². The smallest absolute Gasteiger partial charge is 0.250 e. The molecule has 1 aromatic carbocycles. The molecule has 0 aliphatic heterocycles. The van der Waals surface area contributed by atoms with E-state index in [0.29, 0.717) is 5.89 Å². The van der Waals surface area contributed by atoms with Crippen molar-refractivity contribution in [2.45, 2.75) is 19.8 Å². The lowest BCUT2D eigenvalue weighted by Crippen LogP contribution is -1.95. The second-order valence-electron chi connectivity index (χ2n) is 3.96. The average Bonchev–Trinajstić information content (AvgIpc) is 2.72. The summed E-state index contributed by atoms with van der Waals surface area (Å²) >= 11 is 0. The Morgan fingerprint density at radius 2 is 1.94 bits per heavy atom. The zero-order valence-corrected chi connectivity index (χ0v) is 9.37. The topological polar surface area (TPSA) is 64.9 Å². The third-order valence-corrected chi connectivity index (χ3v) is 2.23. The van der Waals surface area contributed by atoms with Crippen molar-refractivity contribution < 1.29 is 13.2 Å². The van der Waals surface area contributed by atoms with E-state index in [4.69, 9.17) is 10.2 Å². The number of benzene rings is 1. The van der Waals surface area contributed by atoms with Crippen molar-refractivity contribution in [1.29, 1.82) is 0 Å². The van der Waals surface area contributed by atoms with Crippen LogP contribution in [0.1, 0.15) is 25.7 Å². The fourth-order valence-electron chi connectivity index (χ4n) is 1.34. The summed E-state index contributed by atoms with van der Waals surface area (Å²) < 4.78 is 32.0. The number of rotatable bonds is 2. The van der Waals surface area contributed by atoms with Crippen LogP contribution in [0.25, 0.3) is 11.5 Å². The van der Waals surface area contributed by atoms with E-state index in [-0.39, 0.29) is 23.1 Å². The number of nitrogens with zero attached hydrogens (tertiary/aromatic N) is 2. The summed E-state index contributed by atoms with van der Waals surface area (Å²) in [6, 6.07) is 1.88. The average molecular weight is 239 g/mol. The minimum Gasteiger partial charge on any atom is -0.420 e. The third kappa shape index (κ3) is 2.11. The highest BCUT2D eigenvalue weighted by molar-refractivity contribution is 5.61. The van der Waals surface area contributed by atoms with Crippen molar-refractivity contribution in [2.24, 2.45) is 0 Å². The van der Waals surface area contributed by atoms with E-state index >= 15 is 0 Å². The van der Waals surface area contributed by atoms with Crippen LogP contribution in [0, 0.1) is 11.6 Å². The normalized spacial score (nSPS) is 11.1. The number of aromatic nitrogens is 2. The molecule has 0 spiro atoms. The Morgan fingerprint density at radius 3 is 2.53 bits per heavy atom. The Labute approximate surface area is 96.5 Å². The molecule has 90 valence electrons. The van der Waals surface area contributed by atoms with Crippen LogP contribution in [0.3, 0.4) is 0 Å². The van der Waals surface area contributed by atoms with Crippen molar-refractivity contribution in [1.82, 2.24) is 10.2 Å². The summed E-state index contributed by atoms with van der Waals surface area (Å²) in [6.45, 7) is 3.71.